The quantitative estimate of drug-likeness (QED) is 0.341. The second kappa shape index (κ2) is 10.1. The molecule has 0 unspecified atom stereocenters. The maximum absolute atomic E-state index is 6.16. The smallest absolute Gasteiger partial charge is 0.156 e. The van der Waals surface area contributed by atoms with Gasteiger partial charge in [-0.25, -0.2) is 4.98 Å². The lowest BCUT2D eigenvalue weighted by Gasteiger charge is -2.23. The Morgan fingerprint density at radius 2 is 1.94 bits per heavy atom. The predicted molar refractivity (Wildman–Crippen MR) is 137 cm³/mol. The van der Waals surface area contributed by atoms with Crippen molar-refractivity contribution in [3.05, 3.63) is 59.2 Å². The van der Waals surface area contributed by atoms with Gasteiger partial charge in [0.15, 0.2) is 5.82 Å². The van der Waals surface area contributed by atoms with Crippen LogP contribution in [-0.2, 0) is 26.4 Å². The van der Waals surface area contributed by atoms with Crippen LogP contribution in [0.3, 0.4) is 0 Å². The number of aryl methyl sites for hydroxylation is 3. The Balaban J connectivity index is 1.26. The summed E-state index contributed by atoms with van der Waals surface area (Å²) in [4.78, 5) is 4.86. The molecule has 0 saturated carbocycles. The van der Waals surface area contributed by atoms with Crippen LogP contribution < -0.4 is 10.1 Å². The van der Waals surface area contributed by atoms with Crippen LogP contribution in [0.5, 0.6) is 5.75 Å². The number of benzene rings is 1. The van der Waals surface area contributed by atoms with Gasteiger partial charge >= 0.3 is 0 Å². The van der Waals surface area contributed by atoms with Gasteiger partial charge in [0.05, 0.1) is 15.9 Å². The Hall–Kier alpha value is -2.57. The number of imidazole rings is 1. The third-order valence-corrected chi connectivity index (χ3v) is 7.55. The zero-order valence-electron chi connectivity index (χ0n) is 19.7. The zero-order valence-corrected chi connectivity index (χ0v) is 20.5. The van der Waals surface area contributed by atoms with Gasteiger partial charge in [-0.2, -0.15) is 0 Å². The molecule has 0 radical (unpaired) electrons. The van der Waals surface area contributed by atoms with Crippen LogP contribution in [0, 0.1) is 0 Å². The third kappa shape index (κ3) is 4.87. The molecule has 0 aliphatic carbocycles. The number of hydrogen-bond acceptors (Lipinski definition) is 4. The van der Waals surface area contributed by atoms with Crippen LogP contribution in [0.15, 0.2) is 48.0 Å². The second-order valence-corrected chi connectivity index (χ2v) is 10.00. The van der Waals surface area contributed by atoms with E-state index in [4.69, 9.17) is 9.72 Å². The molecular weight excluding hydrogens is 428 g/mol. The summed E-state index contributed by atoms with van der Waals surface area (Å²) in [5.74, 6) is 2.09. The topological polar surface area (TPSA) is 44.0 Å². The lowest BCUT2D eigenvalue weighted by molar-refractivity contribution is 0.162. The molecule has 4 heterocycles. The van der Waals surface area contributed by atoms with E-state index >= 15 is 0 Å². The number of nitrogens with one attached hydrogen (secondary N) is 1. The normalized spacial score (nSPS) is 14.8. The lowest BCUT2D eigenvalue weighted by atomic mass is 10.1. The first kappa shape index (κ1) is 22.2. The van der Waals surface area contributed by atoms with E-state index in [2.05, 4.69) is 76.4 Å². The average Bonchev–Trinajstić information content (AvgIpc) is 3.53. The molecule has 1 aromatic carbocycles. The molecule has 1 saturated heterocycles. The zero-order chi connectivity index (χ0) is 22.6. The lowest BCUT2D eigenvalue weighted by Crippen LogP contribution is -2.34. The van der Waals surface area contributed by atoms with Crippen molar-refractivity contribution in [1.29, 1.82) is 0 Å². The van der Waals surface area contributed by atoms with Gasteiger partial charge in [0.1, 0.15) is 11.9 Å². The van der Waals surface area contributed by atoms with E-state index < -0.39 is 0 Å². The van der Waals surface area contributed by atoms with Gasteiger partial charge in [-0.1, -0.05) is 25.5 Å². The van der Waals surface area contributed by atoms with Gasteiger partial charge in [-0.3, -0.25) is 0 Å². The minimum absolute atomic E-state index is 0.349. The highest BCUT2D eigenvalue weighted by atomic mass is 32.1. The first-order valence-corrected chi connectivity index (χ1v) is 13.1. The Bertz CT molecular complexity index is 1180. The van der Waals surface area contributed by atoms with E-state index in [9.17, 15) is 0 Å². The fourth-order valence-corrected chi connectivity index (χ4v) is 5.72. The second-order valence-electron chi connectivity index (χ2n) is 9.05. The van der Waals surface area contributed by atoms with Gasteiger partial charge in [0, 0.05) is 25.5 Å². The highest BCUT2D eigenvalue weighted by Gasteiger charge is 2.17. The molecule has 33 heavy (non-hydrogen) atoms. The van der Waals surface area contributed by atoms with Crippen molar-refractivity contribution in [3.8, 4) is 17.3 Å². The van der Waals surface area contributed by atoms with Gasteiger partial charge in [0.2, 0.25) is 0 Å². The van der Waals surface area contributed by atoms with Gasteiger partial charge in [-0.05, 0) is 80.4 Å². The summed E-state index contributed by atoms with van der Waals surface area (Å²) in [6.07, 6.45) is 8.95. The summed E-state index contributed by atoms with van der Waals surface area (Å²) in [7, 11) is 2.15. The minimum atomic E-state index is 0.349. The number of aromatic nitrogens is 3. The third-order valence-electron chi connectivity index (χ3n) is 6.70. The largest absolute Gasteiger partial charge is 0.490 e. The Morgan fingerprint density at radius 1 is 1.12 bits per heavy atom. The molecule has 0 spiro atoms. The Kier molecular flexibility index (Phi) is 6.83. The van der Waals surface area contributed by atoms with E-state index in [0.717, 1.165) is 69.7 Å². The molecule has 5 nitrogen and oxygen atoms in total. The van der Waals surface area contributed by atoms with Gasteiger partial charge in [0.25, 0.3) is 0 Å². The molecule has 6 heteroatoms. The summed E-state index contributed by atoms with van der Waals surface area (Å²) in [6.45, 7) is 5.33. The maximum Gasteiger partial charge on any atom is 0.156 e. The molecule has 1 aliphatic rings. The highest BCUT2D eigenvalue weighted by molar-refractivity contribution is 7.17. The number of hydrogen-bond donors (Lipinski definition) is 1. The van der Waals surface area contributed by atoms with Gasteiger partial charge < -0.3 is 19.2 Å². The van der Waals surface area contributed by atoms with Crippen molar-refractivity contribution in [1.82, 2.24) is 19.4 Å². The number of thiophene rings is 1. The van der Waals surface area contributed by atoms with Crippen LogP contribution in [0.2, 0.25) is 0 Å². The minimum Gasteiger partial charge on any atom is -0.490 e. The van der Waals surface area contributed by atoms with Crippen molar-refractivity contribution >= 4 is 21.6 Å². The monoisotopic (exact) mass is 462 g/mol. The van der Waals surface area contributed by atoms with Crippen LogP contribution in [-0.4, -0.2) is 33.3 Å². The standard InChI is InChI=1S/C27H34N4OS/c1-3-5-21-19-29-27(25-18-26-24(30(25)2)13-17-33-26)31(21)16-4-6-20-7-9-22(10-8-20)32-23-11-14-28-15-12-23/h7-10,13,17-19,23,28H,3-6,11-12,14-16H2,1-2H3. The van der Waals surface area contributed by atoms with Crippen LogP contribution in [0.25, 0.3) is 21.7 Å². The average molecular weight is 463 g/mol. The van der Waals surface area contributed by atoms with E-state index in [1.165, 1.54) is 27.2 Å². The first-order valence-electron chi connectivity index (χ1n) is 12.3. The highest BCUT2D eigenvalue weighted by Crippen LogP contribution is 2.31. The Labute approximate surface area is 200 Å². The fourth-order valence-electron chi connectivity index (χ4n) is 4.87. The van der Waals surface area contributed by atoms with Crippen LogP contribution in [0.4, 0.5) is 0 Å². The van der Waals surface area contributed by atoms with Crippen LogP contribution in [0.1, 0.15) is 43.9 Å². The number of fused-ring (bicyclic) bond motifs is 1. The van der Waals surface area contributed by atoms with Crippen molar-refractivity contribution in [3.63, 3.8) is 0 Å². The molecule has 0 amide bonds. The van der Waals surface area contributed by atoms with E-state index in [-0.39, 0.29) is 0 Å². The molecule has 174 valence electrons. The number of ether oxygens (including phenoxy) is 1. The fraction of sp³-hybridized carbons (Fsp3) is 0.444. The van der Waals surface area contributed by atoms with Gasteiger partial charge in [-0.15, -0.1) is 11.3 Å². The SMILES string of the molecule is CCCc1cnc(-c2cc3sccc3n2C)n1CCCc1ccc(OC2CCNCC2)cc1. The summed E-state index contributed by atoms with van der Waals surface area (Å²) < 4.78 is 12.2. The first-order chi connectivity index (χ1) is 16.2. The Morgan fingerprint density at radius 3 is 2.70 bits per heavy atom. The molecule has 1 aliphatic heterocycles. The summed E-state index contributed by atoms with van der Waals surface area (Å²) in [5, 5.41) is 5.55. The number of nitrogens with zero attached hydrogens (tertiary/aromatic N) is 3. The molecule has 0 bridgehead atoms. The molecule has 4 aromatic rings. The molecule has 1 fully saturated rings. The van der Waals surface area contributed by atoms with E-state index in [1.54, 1.807) is 11.3 Å². The summed E-state index contributed by atoms with van der Waals surface area (Å²) >= 11 is 1.80. The molecule has 3 aromatic heterocycles. The maximum atomic E-state index is 6.16. The number of rotatable bonds is 9. The molecule has 5 rings (SSSR count). The number of piperidine rings is 1. The van der Waals surface area contributed by atoms with Crippen molar-refractivity contribution in [2.24, 2.45) is 7.05 Å². The van der Waals surface area contributed by atoms with Crippen molar-refractivity contribution < 1.29 is 4.74 Å². The predicted octanol–water partition coefficient (Wildman–Crippen LogP) is 5.82. The van der Waals surface area contributed by atoms with Crippen molar-refractivity contribution in [2.45, 2.75) is 58.1 Å². The molecule has 0 atom stereocenters. The molecule has 1 N–H and O–H groups in total. The molecular formula is C27H34N4OS. The van der Waals surface area contributed by atoms with E-state index in [0.29, 0.717) is 6.10 Å². The summed E-state index contributed by atoms with van der Waals surface area (Å²) in [6, 6.07) is 13.2. The van der Waals surface area contributed by atoms with Crippen molar-refractivity contribution in [2.75, 3.05) is 13.1 Å². The van der Waals surface area contributed by atoms with Crippen LogP contribution >= 0.6 is 11.3 Å². The summed E-state index contributed by atoms with van der Waals surface area (Å²) in [5.41, 5.74) is 5.19. The van der Waals surface area contributed by atoms with E-state index in [1.807, 2.05) is 0 Å².